The third-order valence-electron chi connectivity index (χ3n) is 4.21. The summed E-state index contributed by atoms with van der Waals surface area (Å²) in [6.45, 7) is 0.271. The van der Waals surface area contributed by atoms with Crippen molar-refractivity contribution in [3.05, 3.63) is 30.3 Å². The maximum atomic E-state index is 12.4. The molecule has 2 rings (SSSR count). The van der Waals surface area contributed by atoms with Crippen LogP contribution in [-0.4, -0.2) is 24.7 Å². The van der Waals surface area contributed by atoms with Gasteiger partial charge in [0, 0.05) is 25.3 Å². The summed E-state index contributed by atoms with van der Waals surface area (Å²) in [5.41, 5.74) is 0.963. The lowest BCUT2D eigenvalue weighted by atomic mass is 9.80. The Labute approximate surface area is 115 Å². The SMILES string of the molecule is CN(C(=O)C1CCC(CCO)CC1)c1ccccc1. The van der Waals surface area contributed by atoms with Crippen molar-refractivity contribution in [3.8, 4) is 0 Å². The number of amides is 1. The first-order valence-corrected chi connectivity index (χ1v) is 7.16. The predicted molar refractivity (Wildman–Crippen MR) is 77.0 cm³/mol. The molecule has 0 aliphatic heterocycles. The van der Waals surface area contributed by atoms with Gasteiger partial charge in [0.2, 0.25) is 5.91 Å². The van der Waals surface area contributed by atoms with Crippen LogP contribution >= 0.6 is 0 Å². The molecule has 1 fully saturated rings. The molecule has 1 saturated carbocycles. The molecule has 3 nitrogen and oxygen atoms in total. The minimum absolute atomic E-state index is 0.153. The molecule has 1 aromatic carbocycles. The number of para-hydroxylation sites is 1. The number of hydrogen-bond acceptors (Lipinski definition) is 2. The van der Waals surface area contributed by atoms with Gasteiger partial charge in [0.25, 0.3) is 0 Å². The summed E-state index contributed by atoms with van der Waals surface area (Å²) in [7, 11) is 1.86. The van der Waals surface area contributed by atoms with Crippen LogP contribution in [0.5, 0.6) is 0 Å². The standard InChI is InChI=1S/C16H23NO2/c1-17(15-5-3-2-4-6-15)16(19)14-9-7-13(8-10-14)11-12-18/h2-6,13-14,18H,7-12H2,1H3. The topological polar surface area (TPSA) is 40.5 Å². The first-order chi connectivity index (χ1) is 9.22. The van der Waals surface area contributed by atoms with Gasteiger partial charge in [0.05, 0.1) is 0 Å². The van der Waals surface area contributed by atoms with Gasteiger partial charge in [0.15, 0.2) is 0 Å². The molecule has 0 atom stereocenters. The summed E-state index contributed by atoms with van der Waals surface area (Å²) in [6, 6.07) is 9.81. The van der Waals surface area contributed by atoms with Gasteiger partial charge < -0.3 is 10.0 Å². The molecule has 1 aliphatic carbocycles. The number of rotatable bonds is 4. The van der Waals surface area contributed by atoms with E-state index >= 15 is 0 Å². The minimum Gasteiger partial charge on any atom is -0.396 e. The second-order valence-corrected chi connectivity index (χ2v) is 5.46. The van der Waals surface area contributed by atoms with Crippen LogP contribution in [0.3, 0.4) is 0 Å². The Hall–Kier alpha value is -1.35. The second kappa shape index (κ2) is 6.71. The zero-order valence-electron chi connectivity index (χ0n) is 11.6. The van der Waals surface area contributed by atoms with Crippen molar-refractivity contribution in [2.24, 2.45) is 11.8 Å². The molecule has 104 valence electrons. The van der Waals surface area contributed by atoms with Crippen molar-refractivity contribution in [2.75, 3.05) is 18.6 Å². The fourth-order valence-corrected chi connectivity index (χ4v) is 2.93. The highest BCUT2D eigenvalue weighted by Crippen LogP contribution is 2.32. The zero-order valence-corrected chi connectivity index (χ0v) is 11.6. The van der Waals surface area contributed by atoms with E-state index in [1.54, 1.807) is 4.90 Å². The summed E-state index contributed by atoms with van der Waals surface area (Å²) in [5.74, 6) is 0.991. The molecule has 1 aliphatic rings. The first-order valence-electron chi connectivity index (χ1n) is 7.16. The van der Waals surface area contributed by atoms with E-state index < -0.39 is 0 Å². The molecule has 0 spiro atoms. The van der Waals surface area contributed by atoms with Crippen LogP contribution in [0.2, 0.25) is 0 Å². The van der Waals surface area contributed by atoms with Crippen molar-refractivity contribution >= 4 is 11.6 Å². The van der Waals surface area contributed by atoms with E-state index in [0.717, 1.165) is 37.8 Å². The molecule has 0 bridgehead atoms. The van der Waals surface area contributed by atoms with Crippen molar-refractivity contribution in [1.29, 1.82) is 0 Å². The highest BCUT2D eigenvalue weighted by molar-refractivity contribution is 5.94. The third-order valence-corrected chi connectivity index (χ3v) is 4.21. The summed E-state index contributed by atoms with van der Waals surface area (Å²) >= 11 is 0. The Balaban J connectivity index is 1.91. The van der Waals surface area contributed by atoms with Gasteiger partial charge in [-0.05, 0) is 50.2 Å². The normalized spacial score (nSPS) is 23.1. The van der Waals surface area contributed by atoms with Crippen LogP contribution < -0.4 is 4.90 Å². The molecule has 3 heteroatoms. The number of hydrogen-bond donors (Lipinski definition) is 1. The van der Waals surface area contributed by atoms with Gasteiger partial charge in [-0.2, -0.15) is 0 Å². The Morgan fingerprint density at radius 3 is 2.42 bits per heavy atom. The number of carbonyl (C=O) groups is 1. The zero-order chi connectivity index (χ0) is 13.7. The number of benzene rings is 1. The number of aliphatic hydroxyl groups is 1. The average molecular weight is 261 g/mol. The van der Waals surface area contributed by atoms with Crippen LogP contribution in [0, 0.1) is 11.8 Å². The van der Waals surface area contributed by atoms with Crippen LogP contribution in [0.4, 0.5) is 5.69 Å². The molecule has 0 aromatic heterocycles. The number of nitrogens with zero attached hydrogens (tertiary/aromatic N) is 1. The molecule has 1 amide bonds. The van der Waals surface area contributed by atoms with E-state index in [9.17, 15) is 4.79 Å². The lowest BCUT2D eigenvalue weighted by molar-refractivity contribution is -0.123. The molecule has 0 saturated heterocycles. The van der Waals surface area contributed by atoms with Gasteiger partial charge >= 0.3 is 0 Å². The Morgan fingerprint density at radius 1 is 1.21 bits per heavy atom. The van der Waals surface area contributed by atoms with E-state index in [1.807, 2.05) is 37.4 Å². The van der Waals surface area contributed by atoms with E-state index in [-0.39, 0.29) is 18.4 Å². The fourth-order valence-electron chi connectivity index (χ4n) is 2.93. The largest absolute Gasteiger partial charge is 0.396 e. The fraction of sp³-hybridized carbons (Fsp3) is 0.562. The molecule has 0 unspecified atom stereocenters. The maximum Gasteiger partial charge on any atom is 0.229 e. The van der Waals surface area contributed by atoms with E-state index in [2.05, 4.69) is 0 Å². The van der Waals surface area contributed by atoms with Gasteiger partial charge in [-0.1, -0.05) is 18.2 Å². The van der Waals surface area contributed by atoms with E-state index in [0.29, 0.717) is 5.92 Å². The summed E-state index contributed by atoms with van der Waals surface area (Å²) in [5, 5.41) is 8.96. The van der Waals surface area contributed by atoms with Crippen molar-refractivity contribution < 1.29 is 9.90 Å². The van der Waals surface area contributed by atoms with Crippen molar-refractivity contribution in [2.45, 2.75) is 32.1 Å². The van der Waals surface area contributed by atoms with Crippen molar-refractivity contribution in [1.82, 2.24) is 0 Å². The first kappa shape index (κ1) is 14.1. The average Bonchev–Trinajstić information content (AvgIpc) is 2.48. The molecule has 0 radical (unpaired) electrons. The summed E-state index contributed by atoms with van der Waals surface area (Å²) < 4.78 is 0. The quantitative estimate of drug-likeness (QED) is 0.905. The Kier molecular flexibility index (Phi) is 4.97. The molecule has 1 N–H and O–H groups in total. The van der Waals surface area contributed by atoms with Gasteiger partial charge in [-0.25, -0.2) is 0 Å². The van der Waals surface area contributed by atoms with Crippen molar-refractivity contribution in [3.63, 3.8) is 0 Å². The maximum absolute atomic E-state index is 12.4. The van der Waals surface area contributed by atoms with Crippen LogP contribution in [0.25, 0.3) is 0 Å². The van der Waals surface area contributed by atoms with Crippen LogP contribution in [0.1, 0.15) is 32.1 Å². The Morgan fingerprint density at radius 2 is 1.84 bits per heavy atom. The van der Waals surface area contributed by atoms with E-state index in [1.165, 1.54) is 0 Å². The smallest absolute Gasteiger partial charge is 0.229 e. The highest BCUT2D eigenvalue weighted by atomic mass is 16.3. The van der Waals surface area contributed by atoms with Crippen LogP contribution in [0.15, 0.2) is 30.3 Å². The highest BCUT2D eigenvalue weighted by Gasteiger charge is 2.28. The van der Waals surface area contributed by atoms with Crippen LogP contribution in [-0.2, 0) is 4.79 Å². The third kappa shape index (κ3) is 3.57. The number of carbonyl (C=O) groups excluding carboxylic acids is 1. The second-order valence-electron chi connectivity index (χ2n) is 5.46. The molecule has 19 heavy (non-hydrogen) atoms. The monoisotopic (exact) mass is 261 g/mol. The number of aliphatic hydroxyl groups excluding tert-OH is 1. The molecular formula is C16H23NO2. The number of anilines is 1. The minimum atomic E-state index is 0.153. The van der Waals surface area contributed by atoms with Gasteiger partial charge in [-0.3, -0.25) is 4.79 Å². The van der Waals surface area contributed by atoms with Gasteiger partial charge in [-0.15, -0.1) is 0 Å². The summed E-state index contributed by atoms with van der Waals surface area (Å²) in [6.07, 6.45) is 4.94. The predicted octanol–water partition coefficient (Wildman–Crippen LogP) is 2.84. The molecule has 1 aromatic rings. The lowest BCUT2D eigenvalue weighted by Gasteiger charge is -2.30. The molecule has 0 heterocycles. The van der Waals surface area contributed by atoms with Gasteiger partial charge in [0.1, 0.15) is 0 Å². The molecular weight excluding hydrogens is 238 g/mol. The van der Waals surface area contributed by atoms with E-state index in [4.69, 9.17) is 5.11 Å². The lowest BCUT2D eigenvalue weighted by Crippen LogP contribution is -2.35. The summed E-state index contributed by atoms with van der Waals surface area (Å²) in [4.78, 5) is 14.2. The Bertz CT molecular complexity index is 396.